The molecule has 0 radical (unpaired) electrons. The van der Waals surface area contributed by atoms with E-state index in [1.54, 1.807) is 20.8 Å². The van der Waals surface area contributed by atoms with Crippen LogP contribution in [0.3, 0.4) is 0 Å². The van der Waals surface area contributed by atoms with Crippen LogP contribution in [0.2, 0.25) is 0 Å². The zero-order valence-corrected chi connectivity index (χ0v) is 23.7. The van der Waals surface area contributed by atoms with E-state index in [0.29, 0.717) is 22.9 Å². The number of amides is 2. The Hall–Kier alpha value is -4.68. The lowest BCUT2D eigenvalue weighted by atomic mass is 9.72. The highest BCUT2D eigenvalue weighted by atomic mass is 16.5. The van der Waals surface area contributed by atoms with E-state index in [0.717, 1.165) is 22.4 Å². The van der Waals surface area contributed by atoms with Crippen LogP contribution < -0.4 is 20.7 Å². The van der Waals surface area contributed by atoms with Gasteiger partial charge in [0.1, 0.15) is 41.3 Å². The molecule has 222 valence electrons. The zero-order valence-electron chi connectivity index (χ0n) is 23.7. The second kappa shape index (κ2) is 9.96. The van der Waals surface area contributed by atoms with Gasteiger partial charge in [0, 0.05) is 17.7 Å². The van der Waals surface area contributed by atoms with Crippen molar-refractivity contribution in [2.75, 3.05) is 5.32 Å². The van der Waals surface area contributed by atoms with Gasteiger partial charge in [0.2, 0.25) is 23.6 Å². The molecule has 5 heterocycles. The van der Waals surface area contributed by atoms with Gasteiger partial charge >= 0.3 is 0 Å². The van der Waals surface area contributed by atoms with Gasteiger partial charge < -0.3 is 39.7 Å². The highest BCUT2D eigenvalue weighted by Gasteiger charge is 2.61. The van der Waals surface area contributed by atoms with Crippen LogP contribution in [0.1, 0.15) is 60.8 Å². The Labute approximate surface area is 246 Å². The number of carbonyl (C=O) groups is 2. The SMILES string of the molecule is CC(C)[C@H](O)C(=O)N[C@H]1Cc2ccc3c(c2)C2(c4ccccc4N[C@@H]2O3)c2oc(nc2-c2nc(CO)co2)[C@H](C)NC1=O. The summed E-state index contributed by atoms with van der Waals surface area (Å²) in [6.07, 6.45) is -0.353. The molecule has 5 N–H and O–H groups in total. The van der Waals surface area contributed by atoms with Gasteiger partial charge in [-0.1, -0.05) is 44.2 Å². The third-order valence-electron chi connectivity index (χ3n) is 8.37. The van der Waals surface area contributed by atoms with Gasteiger partial charge in [-0.15, -0.1) is 0 Å². The summed E-state index contributed by atoms with van der Waals surface area (Å²) >= 11 is 0. The highest BCUT2D eigenvalue weighted by molar-refractivity contribution is 5.90. The van der Waals surface area contributed by atoms with Crippen molar-refractivity contribution in [2.45, 2.75) is 63.6 Å². The second-order valence-corrected chi connectivity index (χ2v) is 11.5. The van der Waals surface area contributed by atoms with E-state index in [1.165, 1.54) is 6.26 Å². The normalized spacial score (nSPS) is 24.1. The quantitative estimate of drug-likeness (QED) is 0.234. The minimum Gasteiger partial charge on any atom is -0.469 e. The Balaban J connectivity index is 1.45. The molecule has 1 unspecified atom stereocenters. The number of ether oxygens (including phenoxy) is 1. The summed E-state index contributed by atoms with van der Waals surface area (Å²) in [7, 11) is 0. The molecule has 0 fully saturated rings. The molecular weight excluding hydrogens is 554 g/mol. The fourth-order valence-electron chi connectivity index (χ4n) is 6.16. The topological polar surface area (TPSA) is 172 Å². The standard InChI is InChI=1S/C31H31N5O7/c1-14(2)24(38)27(40)34-21-11-16-8-9-22-19(10-16)31(18-6-4-5-7-20(18)35-30(31)42-22)25-23(29-33-17(12-37)13-41-29)36-28(43-25)15(3)32-26(21)39/h4-10,13-15,21,24,30,35,37-38H,11-12H2,1-3H3,(H,32,39)(H,34,40)/t15-,21-,24-,30+,31?/m0/s1. The van der Waals surface area contributed by atoms with Crippen LogP contribution >= 0.6 is 0 Å². The molecule has 4 bridgehead atoms. The summed E-state index contributed by atoms with van der Waals surface area (Å²) in [4.78, 5) is 35.7. The van der Waals surface area contributed by atoms with E-state index in [2.05, 4.69) is 20.9 Å². The maximum absolute atomic E-state index is 13.6. The first-order chi connectivity index (χ1) is 20.7. The number of fused-ring (bicyclic) bond motifs is 4. The fraction of sp³-hybridized carbons (Fsp3) is 0.355. The first-order valence-corrected chi connectivity index (χ1v) is 14.2. The predicted octanol–water partition coefficient (Wildman–Crippen LogP) is 2.54. The van der Waals surface area contributed by atoms with E-state index in [4.69, 9.17) is 18.6 Å². The van der Waals surface area contributed by atoms with Crippen LogP contribution in [0, 0.1) is 5.92 Å². The monoisotopic (exact) mass is 585 g/mol. The number of hydrogen-bond acceptors (Lipinski definition) is 10. The molecule has 0 aliphatic carbocycles. The molecule has 0 saturated heterocycles. The Bertz CT molecular complexity index is 1750. The molecule has 1 spiro atoms. The predicted molar refractivity (Wildman–Crippen MR) is 152 cm³/mol. The number of hydrogen-bond donors (Lipinski definition) is 5. The molecule has 2 aromatic heterocycles. The number of oxazole rings is 2. The molecule has 2 amide bonds. The maximum Gasteiger partial charge on any atom is 0.249 e. The number of nitrogens with one attached hydrogen (secondary N) is 3. The van der Waals surface area contributed by atoms with Gasteiger partial charge in [0.25, 0.3) is 0 Å². The van der Waals surface area contributed by atoms with Crippen LogP contribution in [-0.4, -0.2) is 50.4 Å². The number of carbonyl (C=O) groups excluding carboxylic acids is 2. The Morgan fingerprint density at radius 1 is 1.16 bits per heavy atom. The minimum atomic E-state index is -1.27. The average Bonchev–Trinajstić information content (AvgIpc) is 3.76. The number of aromatic nitrogens is 2. The molecule has 0 saturated carbocycles. The first kappa shape index (κ1) is 27.2. The summed E-state index contributed by atoms with van der Waals surface area (Å²) in [5.74, 6) is -0.0479. The van der Waals surface area contributed by atoms with E-state index >= 15 is 0 Å². The molecule has 2 aromatic carbocycles. The summed E-state index contributed by atoms with van der Waals surface area (Å²) in [5.41, 5.74) is 2.92. The van der Waals surface area contributed by atoms with Crippen LogP contribution in [0.15, 0.2) is 57.6 Å². The highest BCUT2D eigenvalue weighted by Crippen LogP contribution is 2.59. The van der Waals surface area contributed by atoms with E-state index in [-0.39, 0.29) is 30.7 Å². The van der Waals surface area contributed by atoms with E-state index in [9.17, 15) is 19.8 Å². The Kier molecular flexibility index (Phi) is 6.29. The molecule has 12 heteroatoms. The van der Waals surface area contributed by atoms with E-state index < -0.39 is 41.6 Å². The van der Waals surface area contributed by atoms with Crippen molar-refractivity contribution in [3.8, 4) is 17.3 Å². The molecule has 43 heavy (non-hydrogen) atoms. The lowest BCUT2D eigenvalue weighted by Crippen LogP contribution is -2.52. The van der Waals surface area contributed by atoms with Crippen LogP contribution in [0.4, 0.5) is 5.69 Å². The number of aliphatic hydroxyl groups excluding tert-OH is 2. The van der Waals surface area contributed by atoms with Crippen molar-refractivity contribution in [3.05, 3.63) is 82.8 Å². The Morgan fingerprint density at radius 3 is 2.74 bits per heavy atom. The number of aliphatic hydroxyl groups is 2. The number of anilines is 1. The second-order valence-electron chi connectivity index (χ2n) is 11.5. The van der Waals surface area contributed by atoms with Crippen LogP contribution in [0.5, 0.6) is 5.75 Å². The van der Waals surface area contributed by atoms with Gasteiger partial charge in [-0.05, 0) is 36.1 Å². The number of nitrogens with zero attached hydrogens (tertiary/aromatic N) is 2. The van der Waals surface area contributed by atoms with Crippen molar-refractivity contribution in [3.63, 3.8) is 0 Å². The summed E-state index contributed by atoms with van der Waals surface area (Å²) in [6.45, 7) is 4.87. The van der Waals surface area contributed by atoms with Crippen molar-refractivity contribution in [1.82, 2.24) is 20.6 Å². The van der Waals surface area contributed by atoms with Crippen molar-refractivity contribution in [2.24, 2.45) is 5.92 Å². The summed E-state index contributed by atoms with van der Waals surface area (Å²) in [5, 5.41) is 29.2. The van der Waals surface area contributed by atoms with Crippen molar-refractivity contribution >= 4 is 17.5 Å². The smallest absolute Gasteiger partial charge is 0.249 e. The van der Waals surface area contributed by atoms with Gasteiger partial charge in [0.15, 0.2) is 17.7 Å². The fourth-order valence-corrected chi connectivity index (χ4v) is 6.16. The number of para-hydroxylation sites is 1. The van der Waals surface area contributed by atoms with Crippen molar-refractivity contribution < 1.29 is 33.4 Å². The van der Waals surface area contributed by atoms with Crippen molar-refractivity contribution in [1.29, 1.82) is 0 Å². The number of benzene rings is 2. The van der Waals surface area contributed by atoms with Gasteiger partial charge in [0.05, 0.1) is 6.61 Å². The molecule has 3 aliphatic rings. The largest absolute Gasteiger partial charge is 0.469 e. The molecular formula is C31H31N5O7. The third-order valence-corrected chi connectivity index (χ3v) is 8.37. The molecule has 4 aromatic rings. The molecule has 5 atom stereocenters. The average molecular weight is 586 g/mol. The Morgan fingerprint density at radius 2 is 1.98 bits per heavy atom. The minimum absolute atomic E-state index is 0.150. The first-order valence-electron chi connectivity index (χ1n) is 14.2. The number of rotatable bonds is 5. The van der Waals surface area contributed by atoms with E-state index in [1.807, 2.05) is 42.5 Å². The molecule has 7 rings (SSSR count). The zero-order chi connectivity index (χ0) is 30.0. The van der Waals surface area contributed by atoms with Crippen LogP contribution in [-0.2, 0) is 28.0 Å². The molecule has 3 aliphatic heterocycles. The van der Waals surface area contributed by atoms with Crippen LogP contribution in [0.25, 0.3) is 11.6 Å². The summed E-state index contributed by atoms with van der Waals surface area (Å²) in [6, 6.07) is 11.8. The van der Waals surface area contributed by atoms with Gasteiger partial charge in [-0.2, -0.15) is 0 Å². The van der Waals surface area contributed by atoms with Gasteiger partial charge in [-0.3, -0.25) is 9.59 Å². The lowest BCUT2D eigenvalue weighted by Gasteiger charge is -2.28. The third kappa shape index (κ3) is 4.12. The molecule has 12 nitrogen and oxygen atoms in total. The maximum atomic E-state index is 13.6. The lowest BCUT2D eigenvalue weighted by molar-refractivity contribution is -0.135. The summed E-state index contributed by atoms with van der Waals surface area (Å²) < 4.78 is 18.9. The van der Waals surface area contributed by atoms with Gasteiger partial charge in [-0.25, -0.2) is 9.97 Å².